The van der Waals surface area contributed by atoms with Crippen LogP contribution in [0, 0.1) is 6.92 Å². The fraction of sp³-hybridized carbons (Fsp3) is 0.310. The van der Waals surface area contributed by atoms with Gasteiger partial charge in [0.15, 0.2) is 0 Å². The standard InChI is InChI=1S/C29H32Cl2N2O2/c1-4-21(3)32-29(35)27(17-22-12-6-5-7-13-22)33(19-23-14-9-8-11-20(23)2)28(34)18-24-25(30)15-10-16-26(24)31/h5-16,21,27H,4,17-19H2,1-3H3,(H,32,35)/t21-,27+/m1/s1. The molecule has 6 heteroatoms. The molecule has 3 aromatic carbocycles. The van der Waals surface area contributed by atoms with E-state index in [1.807, 2.05) is 75.4 Å². The molecular weight excluding hydrogens is 479 g/mol. The highest BCUT2D eigenvalue weighted by atomic mass is 35.5. The van der Waals surface area contributed by atoms with Gasteiger partial charge in [0.25, 0.3) is 0 Å². The maximum Gasteiger partial charge on any atom is 0.243 e. The molecule has 0 fully saturated rings. The molecule has 0 saturated carbocycles. The average Bonchev–Trinajstić information content (AvgIpc) is 2.85. The summed E-state index contributed by atoms with van der Waals surface area (Å²) in [5.41, 5.74) is 3.59. The Morgan fingerprint density at radius 1 is 0.914 bits per heavy atom. The maximum atomic E-state index is 13.9. The summed E-state index contributed by atoms with van der Waals surface area (Å²) in [6.45, 7) is 6.30. The fourth-order valence-electron chi connectivity index (χ4n) is 3.92. The van der Waals surface area contributed by atoms with Crippen molar-refractivity contribution in [3.05, 3.63) is 105 Å². The highest BCUT2D eigenvalue weighted by molar-refractivity contribution is 6.36. The number of nitrogens with one attached hydrogen (secondary N) is 1. The second-order valence-corrected chi connectivity index (χ2v) is 9.66. The minimum Gasteiger partial charge on any atom is -0.352 e. The Bertz CT molecular complexity index is 1130. The Hall–Kier alpha value is -2.82. The summed E-state index contributed by atoms with van der Waals surface area (Å²) in [6.07, 6.45) is 1.20. The van der Waals surface area contributed by atoms with Crippen LogP contribution in [0.2, 0.25) is 10.0 Å². The number of aryl methyl sites for hydroxylation is 1. The molecule has 0 aromatic heterocycles. The number of hydrogen-bond acceptors (Lipinski definition) is 2. The number of nitrogens with zero attached hydrogens (tertiary/aromatic N) is 1. The third kappa shape index (κ3) is 7.33. The van der Waals surface area contributed by atoms with Crippen molar-refractivity contribution >= 4 is 35.0 Å². The zero-order valence-electron chi connectivity index (χ0n) is 20.4. The molecule has 184 valence electrons. The van der Waals surface area contributed by atoms with Crippen molar-refractivity contribution in [1.82, 2.24) is 10.2 Å². The molecule has 2 amide bonds. The van der Waals surface area contributed by atoms with E-state index in [0.29, 0.717) is 28.6 Å². The van der Waals surface area contributed by atoms with E-state index in [0.717, 1.165) is 23.1 Å². The molecule has 0 saturated heterocycles. The quantitative estimate of drug-likeness (QED) is 0.343. The van der Waals surface area contributed by atoms with Crippen LogP contribution in [0.25, 0.3) is 0 Å². The van der Waals surface area contributed by atoms with Crippen molar-refractivity contribution in [3.8, 4) is 0 Å². The first kappa shape index (κ1) is 26.8. The Labute approximate surface area is 218 Å². The summed E-state index contributed by atoms with van der Waals surface area (Å²) < 4.78 is 0. The Morgan fingerprint density at radius 2 is 1.54 bits per heavy atom. The second-order valence-electron chi connectivity index (χ2n) is 8.85. The van der Waals surface area contributed by atoms with Crippen LogP contribution >= 0.6 is 23.2 Å². The van der Waals surface area contributed by atoms with Gasteiger partial charge in [0, 0.05) is 29.1 Å². The average molecular weight is 511 g/mol. The molecule has 0 radical (unpaired) electrons. The van der Waals surface area contributed by atoms with Gasteiger partial charge >= 0.3 is 0 Å². The van der Waals surface area contributed by atoms with E-state index in [4.69, 9.17) is 23.2 Å². The van der Waals surface area contributed by atoms with E-state index >= 15 is 0 Å². The van der Waals surface area contributed by atoms with Crippen LogP contribution in [0.1, 0.15) is 42.5 Å². The fourth-order valence-corrected chi connectivity index (χ4v) is 4.45. The summed E-state index contributed by atoms with van der Waals surface area (Å²) in [5.74, 6) is -0.376. The summed E-state index contributed by atoms with van der Waals surface area (Å²) in [6, 6.07) is 22.2. The summed E-state index contributed by atoms with van der Waals surface area (Å²) in [4.78, 5) is 29.1. The number of amides is 2. The third-order valence-corrected chi connectivity index (χ3v) is 6.97. The van der Waals surface area contributed by atoms with Crippen molar-refractivity contribution < 1.29 is 9.59 Å². The molecule has 0 unspecified atom stereocenters. The largest absolute Gasteiger partial charge is 0.352 e. The van der Waals surface area contributed by atoms with Gasteiger partial charge in [-0.2, -0.15) is 0 Å². The lowest BCUT2D eigenvalue weighted by molar-refractivity contribution is -0.141. The summed E-state index contributed by atoms with van der Waals surface area (Å²) in [5, 5.41) is 3.96. The van der Waals surface area contributed by atoms with Crippen molar-refractivity contribution in [2.45, 2.75) is 58.7 Å². The molecule has 4 nitrogen and oxygen atoms in total. The van der Waals surface area contributed by atoms with Crippen LogP contribution in [0.3, 0.4) is 0 Å². The zero-order valence-corrected chi connectivity index (χ0v) is 21.9. The molecule has 1 N–H and O–H groups in total. The van der Waals surface area contributed by atoms with Gasteiger partial charge in [0.1, 0.15) is 6.04 Å². The van der Waals surface area contributed by atoms with E-state index in [1.165, 1.54) is 0 Å². The van der Waals surface area contributed by atoms with Gasteiger partial charge in [-0.1, -0.05) is 90.8 Å². The van der Waals surface area contributed by atoms with Crippen molar-refractivity contribution in [1.29, 1.82) is 0 Å². The Balaban J connectivity index is 2.02. The molecule has 0 aliphatic rings. The molecule has 0 heterocycles. The van der Waals surface area contributed by atoms with Crippen LogP contribution in [-0.2, 0) is 29.0 Å². The Kier molecular flexibility index (Phi) is 9.76. The monoisotopic (exact) mass is 510 g/mol. The van der Waals surface area contributed by atoms with Crippen molar-refractivity contribution in [2.24, 2.45) is 0 Å². The van der Waals surface area contributed by atoms with Gasteiger partial charge in [-0.05, 0) is 54.7 Å². The number of halogens is 2. The minimum absolute atomic E-state index is 0.00537. The molecule has 0 bridgehead atoms. The second kappa shape index (κ2) is 12.8. The predicted molar refractivity (Wildman–Crippen MR) is 144 cm³/mol. The van der Waals surface area contributed by atoms with Crippen LogP contribution in [0.4, 0.5) is 0 Å². The van der Waals surface area contributed by atoms with Gasteiger partial charge in [0.05, 0.1) is 6.42 Å². The molecule has 3 aromatic rings. The van der Waals surface area contributed by atoms with Crippen LogP contribution < -0.4 is 5.32 Å². The molecule has 0 aliphatic heterocycles. The van der Waals surface area contributed by atoms with E-state index < -0.39 is 6.04 Å². The molecule has 35 heavy (non-hydrogen) atoms. The van der Waals surface area contributed by atoms with Gasteiger partial charge in [-0.15, -0.1) is 0 Å². The van der Waals surface area contributed by atoms with Crippen LogP contribution in [0.5, 0.6) is 0 Å². The SMILES string of the molecule is CC[C@@H](C)NC(=O)[C@H](Cc1ccccc1)N(Cc1ccccc1C)C(=O)Cc1c(Cl)cccc1Cl. The molecular formula is C29H32Cl2N2O2. The predicted octanol–water partition coefficient (Wildman–Crippen LogP) is 6.40. The maximum absolute atomic E-state index is 13.9. The van der Waals surface area contributed by atoms with E-state index in [2.05, 4.69) is 5.32 Å². The highest BCUT2D eigenvalue weighted by Gasteiger charge is 2.31. The van der Waals surface area contributed by atoms with Gasteiger partial charge in [-0.25, -0.2) is 0 Å². The van der Waals surface area contributed by atoms with E-state index in [9.17, 15) is 9.59 Å². The summed E-state index contributed by atoms with van der Waals surface area (Å²) >= 11 is 12.8. The number of rotatable bonds is 10. The zero-order chi connectivity index (χ0) is 25.4. The molecule has 0 aliphatic carbocycles. The lowest BCUT2D eigenvalue weighted by Gasteiger charge is -2.33. The van der Waals surface area contributed by atoms with Gasteiger partial charge < -0.3 is 10.2 Å². The van der Waals surface area contributed by atoms with Crippen LogP contribution in [-0.4, -0.2) is 28.8 Å². The first-order valence-corrected chi connectivity index (χ1v) is 12.7. The first-order chi connectivity index (χ1) is 16.8. The van der Waals surface area contributed by atoms with Gasteiger partial charge in [0.2, 0.25) is 11.8 Å². The number of benzene rings is 3. The topological polar surface area (TPSA) is 49.4 Å². The number of carbonyl (C=O) groups is 2. The lowest BCUT2D eigenvalue weighted by atomic mass is 10.00. The minimum atomic E-state index is -0.695. The number of carbonyl (C=O) groups excluding carboxylic acids is 2. The normalized spacial score (nSPS) is 12.6. The highest BCUT2D eigenvalue weighted by Crippen LogP contribution is 2.26. The lowest BCUT2D eigenvalue weighted by Crippen LogP contribution is -2.52. The van der Waals surface area contributed by atoms with E-state index in [-0.39, 0.29) is 24.3 Å². The molecule has 3 rings (SSSR count). The third-order valence-electron chi connectivity index (χ3n) is 6.26. The van der Waals surface area contributed by atoms with Crippen molar-refractivity contribution in [2.75, 3.05) is 0 Å². The van der Waals surface area contributed by atoms with Crippen LogP contribution in [0.15, 0.2) is 72.8 Å². The number of hydrogen-bond donors (Lipinski definition) is 1. The van der Waals surface area contributed by atoms with E-state index in [1.54, 1.807) is 23.1 Å². The van der Waals surface area contributed by atoms with Gasteiger partial charge in [-0.3, -0.25) is 9.59 Å². The molecule has 2 atom stereocenters. The van der Waals surface area contributed by atoms with Crippen molar-refractivity contribution in [3.63, 3.8) is 0 Å². The summed E-state index contributed by atoms with van der Waals surface area (Å²) in [7, 11) is 0. The molecule has 0 spiro atoms. The first-order valence-electron chi connectivity index (χ1n) is 11.9. The smallest absolute Gasteiger partial charge is 0.243 e. The Morgan fingerprint density at radius 3 is 2.17 bits per heavy atom.